The zero-order valence-electron chi connectivity index (χ0n) is 18.0. The molecule has 0 saturated carbocycles. The van der Waals surface area contributed by atoms with Crippen molar-refractivity contribution in [2.24, 2.45) is 0 Å². The first-order valence-corrected chi connectivity index (χ1v) is 12.1. The molecule has 0 aliphatic rings. The van der Waals surface area contributed by atoms with E-state index in [2.05, 4.69) is 9.97 Å². The number of nitrogens with zero attached hydrogens (tertiary/aromatic N) is 4. The summed E-state index contributed by atoms with van der Waals surface area (Å²) >= 11 is 2.65. The minimum atomic E-state index is -0.382. The van der Waals surface area contributed by atoms with Crippen molar-refractivity contribution < 1.29 is 9.53 Å². The Labute approximate surface area is 192 Å². The Morgan fingerprint density at radius 3 is 2.75 bits per heavy atom. The number of esters is 1. The van der Waals surface area contributed by atoms with Crippen LogP contribution in [0.4, 0.5) is 5.82 Å². The molecule has 0 saturated heterocycles. The third-order valence-electron chi connectivity index (χ3n) is 4.93. The number of carbonyl (C=O) groups is 1. The van der Waals surface area contributed by atoms with E-state index >= 15 is 0 Å². The summed E-state index contributed by atoms with van der Waals surface area (Å²) in [5.74, 6) is 0.849. The molecular formula is C22H23N5O3S2. The Morgan fingerprint density at radius 2 is 2.00 bits per heavy atom. The lowest BCUT2D eigenvalue weighted by Gasteiger charge is -2.12. The number of carbonyl (C=O) groups excluding carboxylic acids is 1. The normalized spacial score (nSPS) is 11.3. The minimum absolute atomic E-state index is 0.0520. The van der Waals surface area contributed by atoms with E-state index < -0.39 is 0 Å². The number of aryl methyl sites for hydroxylation is 1. The number of thiophene rings is 1. The molecule has 4 aromatic rings. The fraction of sp³-hybridized carbons (Fsp3) is 0.318. The maximum absolute atomic E-state index is 13.0. The van der Waals surface area contributed by atoms with Gasteiger partial charge in [-0.25, -0.2) is 19.7 Å². The lowest BCUT2D eigenvalue weighted by atomic mass is 10.2. The maximum atomic E-state index is 13.0. The van der Waals surface area contributed by atoms with E-state index in [4.69, 9.17) is 15.5 Å². The Kier molecular flexibility index (Phi) is 6.43. The number of hydrogen-bond donors (Lipinski definition) is 1. The number of para-hydroxylation sites is 1. The van der Waals surface area contributed by atoms with Crippen LogP contribution in [-0.2, 0) is 17.0 Å². The van der Waals surface area contributed by atoms with Crippen molar-refractivity contribution >= 4 is 56.0 Å². The number of rotatable bonds is 7. The van der Waals surface area contributed by atoms with Gasteiger partial charge in [0, 0.05) is 6.54 Å². The van der Waals surface area contributed by atoms with Crippen molar-refractivity contribution in [2.75, 3.05) is 12.3 Å². The Bertz CT molecular complexity index is 1380. The van der Waals surface area contributed by atoms with Crippen LogP contribution in [0, 0.1) is 6.92 Å². The molecule has 0 aliphatic carbocycles. The second-order valence-electron chi connectivity index (χ2n) is 7.14. The lowest BCUT2D eigenvalue weighted by molar-refractivity contribution is 0.0531. The molecule has 0 fully saturated rings. The quantitative estimate of drug-likeness (QED) is 0.244. The summed E-state index contributed by atoms with van der Waals surface area (Å²) in [6.07, 6.45) is 0.813. The molecule has 0 unspecified atom stereocenters. The van der Waals surface area contributed by atoms with Crippen molar-refractivity contribution in [3.63, 3.8) is 0 Å². The average molecular weight is 470 g/mol. The molecule has 0 amide bonds. The topological polar surface area (TPSA) is 113 Å². The van der Waals surface area contributed by atoms with Gasteiger partial charge in [0.2, 0.25) is 0 Å². The number of nitrogen functional groups attached to an aromatic ring is 1. The van der Waals surface area contributed by atoms with Crippen LogP contribution in [0.3, 0.4) is 0 Å². The van der Waals surface area contributed by atoms with Gasteiger partial charge in [-0.15, -0.1) is 11.3 Å². The van der Waals surface area contributed by atoms with E-state index in [1.54, 1.807) is 17.6 Å². The number of nitrogens with two attached hydrogens (primary N) is 1. The molecule has 0 bridgehead atoms. The molecule has 0 radical (unpaired) electrons. The van der Waals surface area contributed by atoms with Gasteiger partial charge < -0.3 is 10.5 Å². The highest BCUT2D eigenvalue weighted by Gasteiger charge is 2.21. The van der Waals surface area contributed by atoms with Crippen molar-refractivity contribution in [3.8, 4) is 0 Å². The molecule has 0 atom stereocenters. The minimum Gasteiger partial charge on any atom is -0.462 e. The van der Waals surface area contributed by atoms with Crippen LogP contribution in [0.1, 0.15) is 41.3 Å². The van der Waals surface area contributed by atoms with Crippen LogP contribution >= 0.6 is 23.1 Å². The predicted octanol–water partition coefficient (Wildman–Crippen LogP) is 4.17. The van der Waals surface area contributed by atoms with E-state index in [1.165, 1.54) is 23.1 Å². The van der Waals surface area contributed by atoms with Crippen LogP contribution in [0.2, 0.25) is 0 Å². The van der Waals surface area contributed by atoms with E-state index in [0.717, 1.165) is 12.0 Å². The SMILES string of the molecule is CCCn1c(SCc2nc(N)c3c(C)c(C(=O)OCC)sc3n2)nc2ccccc2c1=O. The van der Waals surface area contributed by atoms with Crippen molar-refractivity contribution in [2.45, 2.75) is 44.6 Å². The van der Waals surface area contributed by atoms with E-state index in [9.17, 15) is 9.59 Å². The molecule has 166 valence electrons. The third-order valence-corrected chi connectivity index (χ3v) is 7.07. The highest BCUT2D eigenvalue weighted by Crippen LogP contribution is 2.34. The molecular weight excluding hydrogens is 446 g/mol. The second kappa shape index (κ2) is 9.25. The lowest BCUT2D eigenvalue weighted by Crippen LogP contribution is -2.23. The highest BCUT2D eigenvalue weighted by atomic mass is 32.2. The fourth-order valence-electron chi connectivity index (χ4n) is 3.48. The van der Waals surface area contributed by atoms with E-state index in [1.807, 2.05) is 32.0 Å². The van der Waals surface area contributed by atoms with Gasteiger partial charge in [-0.3, -0.25) is 9.36 Å². The van der Waals surface area contributed by atoms with E-state index in [0.29, 0.717) is 61.7 Å². The largest absolute Gasteiger partial charge is 0.462 e. The first-order valence-electron chi connectivity index (χ1n) is 10.3. The number of aromatic nitrogens is 4. The number of hydrogen-bond acceptors (Lipinski definition) is 9. The monoisotopic (exact) mass is 469 g/mol. The molecule has 32 heavy (non-hydrogen) atoms. The van der Waals surface area contributed by atoms with Gasteiger partial charge in [0.05, 0.1) is 28.6 Å². The number of benzene rings is 1. The van der Waals surface area contributed by atoms with Crippen LogP contribution in [0.25, 0.3) is 21.1 Å². The van der Waals surface area contributed by atoms with Gasteiger partial charge in [-0.05, 0) is 38.0 Å². The highest BCUT2D eigenvalue weighted by molar-refractivity contribution is 7.98. The summed E-state index contributed by atoms with van der Waals surface area (Å²) in [4.78, 5) is 40.1. The van der Waals surface area contributed by atoms with E-state index in [-0.39, 0.29) is 11.5 Å². The fourth-order valence-corrected chi connectivity index (χ4v) is 5.46. The molecule has 3 aromatic heterocycles. The van der Waals surface area contributed by atoms with Crippen LogP contribution in [-0.4, -0.2) is 32.1 Å². The van der Waals surface area contributed by atoms with Crippen molar-refractivity contribution in [3.05, 3.63) is 50.9 Å². The molecule has 8 nitrogen and oxygen atoms in total. The van der Waals surface area contributed by atoms with Crippen LogP contribution in [0.15, 0.2) is 34.2 Å². The number of thioether (sulfide) groups is 1. The van der Waals surface area contributed by atoms with Gasteiger partial charge in [-0.2, -0.15) is 0 Å². The summed E-state index contributed by atoms with van der Waals surface area (Å²) in [5, 5.41) is 1.90. The smallest absolute Gasteiger partial charge is 0.348 e. The molecule has 0 spiro atoms. The van der Waals surface area contributed by atoms with Crippen molar-refractivity contribution in [1.29, 1.82) is 0 Å². The summed E-state index contributed by atoms with van der Waals surface area (Å²) in [6.45, 7) is 6.49. The summed E-state index contributed by atoms with van der Waals surface area (Å²) in [7, 11) is 0. The predicted molar refractivity (Wildman–Crippen MR) is 128 cm³/mol. The number of anilines is 1. The Balaban J connectivity index is 1.69. The van der Waals surface area contributed by atoms with Crippen LogP contribution in [0.5, 0.6) is 0 Å². The first kappa shape index (κ1) is 22.2. The molecule has 2 N–H and O–H groups in total. The number of fused-ring (bicyclic) bond motifs is 2. The average Bonchev–Trinajstić information content (AvgIpc) is 3.11. The van der Waals surface area contributed by atoms with Gasteiger partial charge in [0.25, 0.3) is 5.56 Å². The Morgan fingerprint density at radius 1 is 1.22 bits per heavy atom. The molecule has 4 rings (SSSR count). The third kappa shape index (κ3) is 4.07. The zero-order chi connectivity index (χ0) is 22.8. The van der Waals surface area contributed by atoms with Gasteiger partial charge >= 0.3 is 5.97 Å². The van der Waals surface area contributed by atoms with Gasteiger partial charge in [0.15, 0.2) is 5.16 Å². The summed E-state index contributed by atoms with van der Waals surface area (Å²) in [5.41, 5.74) is 7.55. The molecule has 10 heteroatoms. The summed E-state index contributed by atoms with van der Waals surface area (Å²) in [6, 6.07) is 7.34. The van der Waals surface area contributed by atoms with Gasteiger partial charge in [0.1, 0.15) is 21.3 Å². The number of ether oxygens (including phenoxy) is 1. The zero-order valence-corrected chi connectivity index (χ0v) is 19.7. The molecule has 0 aliphatic heterocycles. The standard InChI is InChI=1S/C22H23N5O3S2/c1-4-10-27-20(28)13-8-6-7-9-14(13)24-22(27)31-11-15-25-18(23)16-12(3)17(21(29)30-5-2)32-19(16)26-15/h6-9H,4-5,10-11H2,1-3H3,(H2,23,25,26). The van der Waals surface area contributed by atoms with Crippen molar-refractivity contribution in [1.82, 2.24) is 19.5 Å². The van der Waals surface area contributed by atoms with Gasteiger partial charge in [-0.1, -0.05) is 30.8 Å². The summed E-state index contributed by atoms with van der Waals surface area (Å²) < 4.78 is 6.83. The second-order valence-corrected chi connectivity index (χ2v) is 9.08. The first-order chi connectivity index (χ1) is 15.4. The van der Waals surface area contributed by atoms with Crippen LogP contribution < -0.4 is 11.3 Å². The maximum Gasteiger partial charge on any atom is 0.348 e. The molecule has 3 heterocycles. The Hall–Kier alpha value is -2.98. The molecule has 1 aromatic carbocycles.